The summed E-state index contributed by atoms with van der Waals surface area (Å²) in [7, 11) is 1.28. The van der Waals surface area contributed by atoms with Gasteiger partial charge in [0.2, 0.25) is 0 Å². The molecule has 9 heteroatoms. The Morgan fingerprint density at radius 2 is 1.23 bits per heavy atom. The summed E-state index contributed by atoms with van der Waals surface area (Å²) in [5.74, 6) is -15.6. The summed E-state index contributed by atoms with van der Waals surface area (Å²) in [6.07, 6.45) is 0. The molecule has 0 amide bonds. The number of hydrogen-bond acceptors (Lipinski definition) is 3. The molecule has 1 nitrogen and oxygen atoms in total. The molecule has 2 aromatic heterocycles. The minimum atomic E-state index is -5.53. The molecule has 0 radical (unpaired) electrons. The van der Waals surface area contributed by atoms with Crippen LogP contribution in [0.15, 0.2) is 12.1 Å². The Balaban J connectivity index is 2.44. The number of alkyl halides is 6. The molecule has 0 fully saturated rings. The molecule has 0 unspecified atom stereocenters. The average molecular weight is 412 g/mol. The van der Waals surface area contributed by atoms with Crippen molar-refractivity contribution in [1.82, 2.24) is 0 Å². The molecule has 0 saturated carbocycles. The lowest BCUT2D eigenvalue weighted by atomic mass is 9.95. The van der Waals surface area contributed by atoms with E-state index in [0.29, 0.717) is 4.88 Å². The molecule has 0 bridgehead atoms. The number of hydrogen-bond donors (Lipinski definition) is 0. The van der Waals surface area contributed by atoms with Crippen LogP contribution in [0, 0.1) is 20.8 Å². The van der Waals surface area contributed by atoms with Crippen molar-refractivity contribution in [2.24, 2.45) is 0 Å². The maximum atomic E-state index is 14.6. The maximum Gasteiger partial charge on any atom is 0.380 e. The molecule has 2 aromatic rings. The van der Waals surface area contributed by atoms with Gasteiger partial charge in [0.05, 0.1) is 7.11 Å². The molecule has 142 valence electrons. The van der Waals surface area contributed by atoms with E-state index in [9.17, 15) is 26.3 Å². The zero-order chi connectivity index (χ0) is 19.7. The number of methoxy groups -OCH3 is 1. The standard InChI is InChI=1S/C17H14F6OS2/c1-7-5-10(8(2)25-7)13-14(11-6-12(24-4)26-9(11)3)16(20,21)17(22,23)15(13,18)19/h5-6H,1-4H3. The zero-order valence-electron chi connectivity index (χ0n) is 14.1. The van der Waals surface area contributed by atoms with Gasteiger partial charge in [-0.3, -0.25) is 0 Å². The van der Waals surface area contributed by atoms with Crippen molar-refractivity contribution >= 4 is 33.8 Å². The first-order valence-corrected chi connectivity index (χ1v) is 9.10. The first-order chi connectivity index (χ1) is 11.9. The Morgan fingerprint density at radius 3 is 1.62 bits per heavy atom. The van der Waals surface area contributed by atoms with Gasteiger partial charge in [-0.2, -0.15) is 26.3 Å². The highest BCUT2D eigenvalue weighted by atomic mass is 32.1. The molecule has 2 heterocycles. The van der Waals surface area contributed by atoms with Gasteiger partial charge in [0.15, 0.2) is 5.06 Å². The van der Waals surface area contributed by atoms with E-state index >= 15 is 0 Å². The monoisotopic (exact) mass is 412 g/mol. The van der Waals surface area contributed by atoms with Crippen LogP contribution >= 0.6 is 22.7 Å². The van der Waals surface area contributed by atoms with Gasteiger partial charge in [-0.25, -0.2) is 0 Å². The van der Waals surface area contributed by atoms with Gasteiger partial charge in [0.1, 0.15) is 0 Å². The molecule has 0 spiro atoms. The van der Waals surface area contributed by atoms with Gasteiger partial charge >= 0.3 is 17.8 Å². The van der Waals surface area contributed by atoms with Gasteiger partial charge in [0.25, 0.3) is 0 Å². The van der Waals surface area contributed by atoms with Crippen LogP contribution in [0.5, 0.6) is 5.06 Å². The van der Waals surface area contributed by atoms with Crippen LogP contribution in [0.25, 0.3) is 11.1 Å². The Labute approximate surface area is 153 Å². The van der Waals surface area contributed by atoms with Crippen molar-refractivity contribution < 1.29 is 31.1 Å². The number of ether oxygens (including phenoxy) is 1. The zero-order valence-corrected chi connectivity index (χ0v) is 15.8. The molecule has 0 saturated heterocycles. The lowest BCUT2D eigenvalue weighted by Gasteiger charge is -2.25. The normalized spacial score (nSPS) is 20.7. The lowest BCUT2D eigenvalue weighted by Crippen LogP contribution is -2.48. The number of rotatable bonds is 3. The first-order valence-electron chi connectivity index (χ1n) is 7.47. The van der Waals surface area contributed by atoms with E-state index < -0.39 is 28.9 Å². The fraction of sp³-hybridized carbons (Fsp3) is 0.412. The second-order valence-electron chi connectivity index (χ2n) is 6.04. The smallest absolute Gasteiger partial charge is 0.380 e. The minimum absolute atomic E-state index is 0.178. The summed E-state index contributed by atoms with van der Waals surface area (Å²) in [5.41, 5.74) is -3.25. The second kappa shape index (κ2) is 5.76. The van der Waals surface area contributed by atoms with E-state index in [0.717, 1.165) is 28.7 Å². The van der Waals surface area contributed by atoms with Gasteiger partial charge < -0.3 is 4.74 Å². The molecule has 0 aliphatic heterocycles. The van der Waals surface area contributed by atoms with E-state index in [1.807, 2.05) is 0 Å². The second-order valence-corrected chi connectivity index (χ2v) is 8.72. The number of thiophene rings is 2. The Morgan fingerprint density at radius 1 is 0.769 bits per heavy atom. The Kier molecular flexibility index (Phi) is 4.27. The van der Waals surface area contributed by atoms with Crippen molar-refractivity contribution in [2.75, 3.05) is 7.11 Å². The van der Waals surface area contributed by atoms with Crippen molar-refractivity contribution in [2.45, 2.75) is 38.5 Å². The molecule has 26 heavy (non-hydrogen) atoms. The molecule has 1 aliphatic carbocycles. The third-order valence-electron chi connectivity index (χ3n) is 4.34. The minimum Gasteiger partial charge on any atom is -0.487 e. The predicted molar refractivity (Wildman–Crippen MR) is 91.1 cm³/mol. The molecular formula is C17H14F6OS2. The van der Waals surface area contributed by atoms with Crippen LogP contribution in [0.2, 0.25) is 0 Å². The highest BCUT2D eigenvalue weighted by molar-refractivity contribution is 7.14. The summed E-state index contributed by atoms with van der Waals surface area (Å²) < 4.78 is 91.7. The summed E-state index contributed by atoms with van der Waals surface area (Å²) in [6, 6.07) is 2.36. The third kappa shape index (κ3) is 2.36. The summed E-state index contributed by atoms with van der Waals surface area (Å²) >= 11 is 2.02. The van der Waals surface area contributed by atoms with Crippen LogP contribution < -0.4 is 4.74 Å². The fourth-order valence-electron chi connectivity index (χ4n) is 3.12. The first kappa shape index (κ1) is 19.3. The van der Waals surface area contributed by atoms with Crippen LogP contribution in [-0.4, -0.2) is 24.9 Å². The fourth-order valence-corrected chi connectivity index (χ4v) is 4.88. The lowest BCUT2D eigenvalue weighted by molar-refractivity contribution is -0.254. The maximum absolute atomic E-state index is 14.6. The van der Waals surface area contributed by atoms with Gasteiger partial charge in [-0.05, 0) is 38.5 Å². The number of allylic oxidation sites excluding steroid dienone is 2. The largest absolute Gasteiger partial charge is 0.487 e. The van der Waals surface area contributed by atoms with Gasteiger partial charge in [0, 0.05) is 31.3 Å². The molecule has 1 aliphatic rings. The molecule has 0 N–H and O–H groups in total. The van der Waals surface area contributed by atoms with Crippen LogP contribution in [0.4, 0.5) is 26.3 Å². The highest BCUT2D eigenvalue weighted by Crippen LogP contribution is 2.65. The molecular weight excluding hydrogens is 398 g/mol. The van der Waals surface area contributed by atoms with Crippen molar-refractivity contribution in [3.8, 4) is 5.06 Å². The molecule has 0 aromatic carbocycles. The highest BCUT2D eigenvalue weighted by Gasteiger charge is 2.80. The number of aryl methyl sites for hydroxylation is 3. The van der Waals surface area contributed by atoms with Crippen molar-refractivity contribution in [3.05, 3.63) is 37.9 Å². The SMILES string of the molecule is COc1cc(C2=C(c3cc(C)sc3C)C(F)(F)C(F)(F)C2(F)F)c(C)s1. The summed E-state index contributed by atoms with van der Waals surface area (Å²) in [5, 5.41) is 0.178. The summed E-state index contributed by atoms with van der Waals surface area (Å²) in [6.45, 7) is 4.45. The topological polar surface area (TPSA) is 9.23 Å². The van der Waals surface area contributed by atoms with Gasteiger partial charge in [-0.1, -0.05) is 0 Å². The summed E-state index contributed by atoms with van der Waals surface area (Å²) in [4.78, 5) is 1.05. The van der Waals surface area contributed by atoms with E-state index in [-0.39, 0.29) is 25.9 Å². The van der Waals surface area contributed by atoms with Crippen LogP contribution in [0.3, 0.4) is 0 Å². The van der Waals surface area contributed by atoms with Crippen molar-refractivity contribution in [1.29, 1.82) is 0 Å². The average Bonchev–Trinajstić information content (AvgIpc) is 3.07. The van der Waals surface area contributed by atoms with E-state index in [4.69, 9.17) is 4.74 Å². The van der Waals surface area contributed by atoms with Crippen molar-refractivity contribution in [3.63, 3.8) is 0 Å². The third-order valence-corrected chi connectivity index (χ3v) is 6.32. The van der Waals surface area contributed by atoms with Crippen LogP contribution in [0.1, 0.15) is 25.8 Å². The van der Waals surface area contributed by atoms with E-state index in [1.54, 1.807) is 6.92 Å². The Hall–Kier alpha value is -1.48. The Bertz CT molecular complexity index is 906. The van der Waals surface area contributed by atoms with Crippen LogP contribution in [-0.2, 0) is 0 Å². The van der Waals surface area contributed by atoms with E-state index in [1.165, 1.54) is 27.0 Å². The predicted octanol–water partition coefficient (Wildman–Crippen LogP) is 6.57. The number of halogens is 6. The molecule has 0 atom stereocenters. The molecule has 3 rings (SSSR count). The van der Waals surface area contributed by atoms with Gasteiger partial charge in [-0.15, -0.1) is 22.7 Å². The quantitative estimate of drug-likeness (QED) is 0.518. The van der Waals surface area contributed by atoms with E-state index in [2.05, 4.69) is 0 Å².